The Bertz CT molecular complexity index is 578. The molecule has 0 aliphatic carbocycles. The van der Waals surface area contributed by atoms with Gasteiger partial charge in [-0.15, -0.1) is 11.8 Å². The Morgan fingerprint density at radius 3 is 2.74 bits per heavy atom. The maximum absolute atomic E-state index is 13.7. The van der Waals surface area contributed by atoms with Crippen LogP contribution in [0.5, 0.6) is 0 Å². The minimum atomic E-state index is -0.460. The van der Waals surface area contributed by atoms with Crippen LogP contribution in [0.4, 0.5) is 10.1 Å². The highest BCUT2D eigenvalue weighted by atomic mass is 32.2. The lowest BCUT2D eigenvalue weighted by Gasteiger charge is -2.15. The normalized spacial score (nSPS) is 11.8. The minimum absolute atomic E-state index is 0.118. The highest BCUT2D eigenvalue weighted by Crippen LogP contribution is 2.28. The Balaban J connectivity index is 2.16. The van der Waals surface area contributed by atoms with E-state index in [4.69, 9.17) is 10.3 Å². The summed E-state index contributed by atoms with van der Waals surface area (Å²) in [5.41, 5.74) is 6.13. The van der Waals surface area contributed by atoms with Crippen molar-refractivity contribution < 1.29 is 8.91 Å². The van der Waals surface area contributed by atoms with E-state index in [1.165, 1.54) is 6.07 Å². The van der Waals surface area contributed by atoms with Gasteiger partial charge in [0.25, 0.3) is 5.89 Å². The number of nitrogens with two attached hydrogens (primary N) is 1. The molecule has 0 amide bonds. The second-order valence-electron chi connectivity index (χ2n) is 5.16. The maximum atomic E-state index is 13.7. The molecule has 0 radical (unpaired) electrons. The van der Waals surface area contributed by atoms with Gasteiger partial charge in [-0.2, -0.15) is 4.98 Å². The first kappa shape index (κ1) is 13.9. The number of nitrogens with zero attached hydrogens (tertiary/aromatic N) is 2. The van der Waals surface area contributed by atoms with Crippen LogP contribution in [0.3, 0.4) is 0 Å². The SMILES string of the molecule is CC(C)(C)SCc1noc(-c2ccc(N)cc2F)n1. The molecule has 1 heterocycles. The molecule has 2 rings (SSSR count). The summed E-state index contributed by atoms with van der Waals surface area (Å²) in [6.07, 6.45) is 0. The third kappa shape index (κ3) is 3.70. The number of hydrogen-bond acceptors (Lipinski definition) is 5. The summed E-state index contributed by atoms with van der Waals surface area (Å²) in [4.78, 5) is 4.19. The molecule has 0 aliphatic rings. The van der Waals surface area contributed by atoms with Crippen LogP contribution in [0.2, 0.25) is 0 Å². The molecular formula is C13H16FN3OS. The molecule has 0 spiro atoms. The smallest absolute Gasteiger partial charge is 0.260 e. The molecule has 2 aromatic rings. The molecule has 0 fully saturated rings. The summed E-state index contributed by atoms with van der Waals surface area (Å²) in [6.45, 7) is 6.33. The van der Waals surface area contributed by atoms with Gasteiger partial charge in [-0.1, -0.05) is 25.9 Å². The number of rotatable bonds is 3. The first-order valence-electron chi connectivity index (χ1n) is 5.87. The van der Waals surface area contributed by atoms with Gasteiger partial charge < -0.3 is 10.3 Å². The molecular weight excluding hydrogens is 265 g/mol. The molecule has 1 aromatic heterocycles. The zero-order valence-electron chi connectivity index (χ0n) is 11.1. The topological polar surface area (TPSA) is 64.9 Å². The van der Waals surface area contributed by atoms with Crippen molar-refractivity contribution in [1.29, 1.82) is 0 Å². The maximum Gasteiger partial charge on any atom is 0.260 e. The lowest BCUT2D eigenvalue weighted by Crippen LogP contribution is -2.07. The average molecular weight is 281 g/mol. The van der Waals surface area contributed by atoms with Crippen molar-refractivity contribution in [2.75, 3.05) is 5.73 Å². The van der Waals surface area contributed by atoms with Gasteiger partial charge >= 0.3 is 0 Å². The summed E-state index contributed by atoms with van der Waals surface area (Å²) in [5.74, 6) is 0.913. The van der Waals surface area contributed by atoms with Crippen molar-refractivity contribution in [2.45, 2.75) is 31.3 Å². The van der Waals surface area contributed by atoms with Crippen LogP contribution in [0.1, 0.15) is 26.6 Å². The fourth-order valence-corrected chi connectivity index (χ4v) is 2.09. The number of hydrogen-bond donors (Lipinski definition) is 1. The van der Waals surface area contributed by atoms with Crippen LogP contribution in [-0.4, -0.2) is 14.9 Å². The molecule has 4 nitrogen and oxygen atoms in total. The van der Waals surface area contributed by atoms with E-state index >= 15 is 0 Å². The fraction of sp³-hybridized carbons (Fsp3) is 0.385. The molecule has 0 atom stereocenters. The number of anilines is 1. The minimum Gasteiger partial charge on any atom is -0.399 e. The van der Waals surface area contributed by atoms with Crippen LogP contribution >= 0.6 is 11.8 Å². The molecule has 0 saturated heterocycles. The van der Waals surface area contributed by atoms with Crippen LogP contribution in [0.25, 0.3) is 11.5 Å². The van der Waals surface area contributed by atoms with E-state index in [1.807, 2.05) is 0 Å². The second kappa shape index (κ2) is 5.21. The van der Waals surface area contributed by atoms with Gasteiger partial charge in [-0.3, -0.25) is 0 Å². The van der Waals surface area contributed by atoms with Gasteiger partial charge in [0.1, 0.15) is 5.82 Å². The van der Waals surface area contributed by atoms with E-state index in [1.54, 1.807) is 23.9 Å². The molecule has 0 bridgehead atoms. The summed E-state index contributed by atoms with van der Waals surface area (Å²) in [7, 11) is 0. The monoisotopic (exact) mass is 281 g/mol. The quantitative estimate of drug-likeness (QED) is 0.872. The molecule has 1 aromatic carbocycles. The van der Waals surface area contributed by atoms with Crippen molar-refractivity contribution in [3.8, 4) is 11.5 Å². The highest BCUT2D eigenvalue weighted by molar-refractivity contribution is 7.99. The van der Waals surface area contributed by atoms with Crippen molar-refractivity contribution >= 4 is 17.4 Å². The van der Waals surface area contributed by atoms with E-state index in [0.717, 1.165) is 0 Å². The molecule has 6 heteroatoms. The van der Waals surface area contributed by atoms with Crippen molar-refractivity contribution in [3.05, 3.63) is 29.8 Å². The molecule has 0 aliphatic heterocycles. The number of aromatic nitrogens is 2. The third-order valence-electron chi connectivity index (χ3n) is 2.33. The fourth-order valence-electron chi connectivity index (χ4n) is 1.41. The van der Waals surface area contributed by atoms with E-state index in [9.17, 15) is 4.39 Å². The summed E-state index contributed by atoms with van der Waals surface area (Å²) in [5, 5.41) is 3.85. The van der Waals surface area contributed by atoms with Gasteiger partial charge in [0.15, 0.2) is 5.82 Å². The van der Waals surface area contributed by atoms with Crippen LogP contribution in [-0.2, 0) is 5.75 Å². The molecule has 19 heavy (non-hydrogen) atoms. The van der Waals surface area contributed by atoms with E-state index in [0.29, 0.717) is 17.3 Å². The van der Waals surface area contributed by atoms with E-state index in [2.05, 4.69) is 30.9 Å². The zero-order valence-corrected chi connectivity index (χ0v) is 11.9. The first-order valence-corrected chi connectivity index (χ1v) is 6.86. The predicted molar refractivity (Wildman–Crippen MR) is 75.2 cm³/mol. The van der Waals surface area contributed by atoms with Crippen LogP contribution in [0, 0.1) is 5.82 Å². The van der Waals surface area contributed by atoms with Gasteiger partial charge in [0.05, 0.1) is 11.3 Å². The van der Waals surface area contributed by atoms with Crippen LogP contribution < -0.4 is 5.73 Å². The molecule has 102 valence electrons. The Hall–Kier alpha value is -1.56. The third-order valence-corrected chi connectivity index (χ3v) is 3.59. The van der Waals surface area contributed by atoms with Crippen molar-refractivity contribution in [2.24, 2.45) is 0 Å². The van der Waals surface area contributed by atoms with E-state index in [-0.39, 0.29) is 16.2 Å². The highest BCUT2D eigenvalue weighted by Gasteiger charge is 2.16. The van der Waals surface area contributed by atoms with Crippen LogP contribution in [0.15, 0.2) is 22.7 Å². The Morgan fingerprint density at radius 1 is 1.37 bits per heavy atom. The predicted octanol–water partition coefficient (Wildman–Crippen LogP) is 3.49. The molecule has 0 unspecified atom stereocenters. The first-order chi connectivity index (χ1) is 8.85. The number of benzene rings is 1. The van der Waals surface area contributed by atoms with Crippen molar-refractivity contribution in [1.82, 2.24) is 10.1 Å². The lowest BCUT2D eigenvalue weighted by molar-refractivity contribution is 0.422. The summed E-state index contributed by atoms with van der Waals surface area (Å²) >= 11 is 1.70. The molecule has 2 N–H and O–H groups in total. The summed E-state index contributed by atoms with van der Waals surface area (Å²) in [6, 6.07) is 4.38. The number of halogens is 1. The van der Waals surface area contributed by atoms with Gasteiger partial charge in [0, 0.05) is 10.4 Å². The largest absolute Gasteiger partial charge is 0.399 e. The Morgan fingerprint density at radius 2 is 2.11 bits per heavy atom. The van der Waals surface area contributed by atoms with Gasteiger partial charge in [0.2, 0.25) is 0 Å². The Labute approximate surface area is 115 Å². The van der Waals surface area contributed by atoms with Gasteiger partial charge in [-0.05, 0) is 18.2 Å². The summed E-state index contributed by atoms with van der Waals surface area (Å²) < 4.78 is 18.9. The number of nitrogen functional groups attached to an aromatic ring is 1. The second-order valence-corrected chi connectivity index (χ2v) is 6.96. The average Bonchev–Trinajstić information content (AvgIpc) is 2.74. The number of thioether (sulfide) groups is 1. The van der Waals surface area contributed by atoms with E-state index < -0.39 is 5.82 Å². The lowest BCUT2D eigenvalue weighted by atomic mass is 10.2. The zero-order chi connectivity index (χ0) is 14.0. The molecule has 0 saturated carbocycles. The van der Waals surface area contributed by atoms with Crippen molar-refractivity contribution in [3.63, 3.8) is 0 Å². The Kier molecular flexibility index (Phi) is 3.80. The van der Waals surface area contributed by atoms with Gasteiger partial charge in [-0.25, -0.2) is 4.39 Å². The standard InChI is InChI=1S/C13H16FN3OS/c1-13(2,3)19-7-11-16-12(18-17-11)9-5-4-8(15)6-10(9)14/h4-6H,7,15H2,1-3H3.